The summed E-state index contributed by atoms with van der Waals surface area (Å²) < 4.78 is 5.93. The van der Waals surface area contributed by atoms with E-state index >= 15 is 0 Å². The molecule has 0 aromatic carbocycles. The predicted octanol–water partition coefficient (Wildman–Crippen LogP) is 3.60. The fourth-order valence-corrected chi connectivity index (χ4v) is 4.02. The molecule has 21 heavy (non-hydrogen) atoms. The second kappa shape index (κ2) is 11.8. The van der Waals surface area contributed by atoms with Crippen molar-refractivity contribution in [2.45, 2.75) is 76.1 Å². The van der Waals surface area contributed by atoms with Gasteiger partial charge in [0.15, 0.2) is 0 Å². The number of thioether (sulfide) groups is 1. The van der Waals surface area contributed by atoms with Crippen LogP contribution in [0.15, 0.2) is 0 Å². The average molecular weight is 318 g/mol. The molecule has 0 bridgehead atoms. The van der Waals surface area contributed by atoms with Gasteiger partial charge in [-0.1, -0.05) is 39.0 Å². The van der Waals surface area contributed by atoms with Gasteiger partial charge in [0.05, 0.1) is 12.7 Å². The molecular formula is C17H35NO2S. The van der Waals surface area contributed by atoms with Crippen LogP contribution in [0.5, 0.6) is 0 Å². The lowest BCUT2D eigenvalue weighted by molar-refractivity contribution is 0.0353. The lowest BCUT2D eigenvalue weighted by Gasteiger charge is -2.24. The minimum absolute atomic E-state index is 0.374. The first-order valence-corrected chi connectivity index (χ1v) is 9.75. The molecule has 1 fully saturated rings. The first kappa shape index (κ1) is 19.3. The fraction of sp³-hybridized carbons (Fsp3) is 1.00. The summed E-state index contributed by atoms with van der Waals surface area (Å²) in [4.78, 5) is 0. The van der Waals surface area contributed by atoms with Crippen molar-refractivity contribution in [2.75, 3.05) is 32.1 Å². The van der Waals surface area contributed by atoms with E-state index in [2.05, 4.69) is 30.9 Å². The van der Waals surface area contributed by atoms with Gasteiger partial charge in [-0.15, -0.1) is 0 Å². The van der Waals surface area contributed by atoms with E-state index in [9.17, 15) is 5.11 Å². The van der Waals surface area contributed by atoms with Crippen LogP contribution >= 0.6 is 11.8 Å². The maximum absolute atomic E-state index is 9.89. The summed E-state index contributed by atoms with van der Waals surface area (Å²) in [6, 6.07) is 0. The van der Waals surface area contributed by atoms with Crippen molar-refractivity contribution in [1.29, 1.82) is 0 Å². The van der Waals surface area contributed by atoms with E-state index in [1.807, 2.05) is 0 Å². The van der Waals surface area contributed by atoms with Crippen molar-refractivity contribution in [3.8, 4) is 0 Å². The molecule has 2 atom stereocenters. The van der Waals surface area contributed by atoms with Crippen LogP contribution in [-0.2, 0) is 4.74 Å². The number of rotatable bonds is 13. The molecule has 4 heteroatoms. The zero-order valence-corrected chi connectivity index (χ0v) is 14.8. The van der Waals surface area contributed by atoms with Crippen LogP contribution in [0.2, 0.25) is 0 Å². The molecule has 1 aliphatic rings. The predicted molar refractivity (Wildman–Crippen MR) is 93.2 cm³/mol. The van der Waals surface area contributed by atoms with Crippen molar-refractivity contribution in [3.63, 3.8) is 0 Å². The van der Waals surface area contributed by atoms with E-state index in [-0.39, 0.29) is 6.10 Å². The maximum atomic E-state index is 9.89. The number of ether oxygens (including phenoxy) is 1. The largest absolute Gasteiger partial charge is 0.389 e. The van der Waals surface area contributed by atoms with Gasteiger partial charge < -0.3 is 15.2 Å². The van der Waals surface area contributed by atoms with Crippen LogP contribution in [0.3, 0.4) is 0 Å². The van der Waals surface area contributed by atoms with Crippen LogP contribution in [0.25, 0.3) is 0 Å². The summed E-state index contributed by atoms with van der Waals surface area (Å²) in [5.74, 6) is 1.28. The highest BCUT2D eigenvalue weighted by atomic mass is 32.2. The second-order valence-electron chi connectivity index (χ2n) is 6.53. The molecule has 2 unspecified atom stereocenters. The number of aliphatic hydroxyl groups excluding tert-OH is 1. The molecule has 0 aromatic heterocycles. The molecular weight excluding hydrogens is 282 g/mol. The van der Waals surface area contributed by atoms with Gasteiger partial charge in [-0.05, 0) is 31.9 Å². The van der Waals surface area contributed by atoms with Gasteiger partial charge in [0.1, 0.15) is 0 Å². The summed E-state index contributed by atoms with van der Waals surface area (Å²) in [6.45, 7) is 7.45. The zero-order chi connectivity index (χ0) is 15.4. The highest BCUT2D eigenvalue weighted by molar-refractivity contribution is 8.00. The van der Waals surface area contributed by atoms with Crippen molar-refractivity contribution in [2.24, 2.45) is 0 Å². The molecule has 0 amide bonds. The van der Waals surface area contributed by atoms with Crippen LogP contribution in [0.1, 0.15) is 65.2 Å². The van der Waals surface area contributed by atoms with Gasteiger partial charge in [0.25, 0.3) is 0 Å². The minimum atomic E-state index is -0.375. The Morgan fingerprint density at radius 1 is 1.24 bits per heavy atom. The normalized spacial score (nSPS) is 23.6. The van der Waals surface area contributed by atoms with E-state index in [1.54, 1.807) is 0 Å². The van der Waals surface area contributed by atoms with E-state index in [4.69, 9.17) is 4.74 Å². The molecule has 0 saturated carbocycles. The van der Waals surface area contributed by atoms with E-state index in [0.29, 0.717) is 17.9 Å². The van der Waals surface area contributed by atoms with Gasteiger partial charge in [-0.25, -0.2) is 0 Å². The van der Waals surface area contributed by atoms with Gasteiger partial charge >= 0.3 is 0 Å². The molecule has 3 nitrogen and oxygen atoms in total. The van der Waals surface area contributed by atoms with Crippen molar-refractivity contribution >= 4 is 11.8 Å². The van der Waals surface area contributed by atoms with Crippen LogP contribution in [-0.4, -0.2) is 48.0 Å². The third kappa shape index (κ3) is 9.77. The van der Waals surface area contributed by atoms with Crippen LogP contribution in [0, 0.1) is 0 Å². The SMILES string of the molecule is CCCCCCCCOCC(O)CNCC1(C)CCCS1. The molecule has 2 N–H and O–H groups in total. The van der Waals surface area contributed by atoms with E-state index in [1.165, 1.54) is 50.7 Å². The summed E-state index contributed by atoms with van der Waals surface area (Å²) in [5.41, 5.74) is 0. The van der Waals surface area contributed by atoms with E-state index < -0.39 is 0 Å². The first-order chi connectivity index (χ1) is 10.2. The Balaban J connectivity index is 1.86. The standard InChI is InChI=1S/C17H35NO2S/c1-3-4-5-6-7-8-11-20-14-16(19)13-18-15-17(2)10-9-12-21-17/h16,18-19H,3-15H2,1-2H3. The molecule has 1 aliphatic heterocycles. The number of hydrogen-bond acceptors (Lipinski definition) is 4. The quantitative estimate of drug-likeness (QED) is 0.509. The molecule has 126 valence electrons. The van der Waals surface area contributed by atoms with Gasteiger partial charge in [0.2, 0.25) is 0 Å². The van der Waals surface area contributed by atoms with Crippen LogP contribution < -0.4 is 5.32 Å². The van der Waals surface area contributed by atoms with Gasteiger partial charge in [-0.2, -0.15) is 11.8 Å². The Bertz CT molecular complexity index is 245. The topological polar surface area (TPSA) is 41.5 Å². The summed E-state index contributed by atoms with van der Waals surface area (Å²) in [6.07, 6.45) is 9.93. The first-order valence-electron chi connectivity index (χ1n) is 8.77. The Kier molecular flexibility index (Phi) is 10.8. The van der Waals surface area contributed by atoms with Crippen molar-refractivity contribution in [1.82, 2.24) is 5.32 Å². The molecule has 1 heterocycles. The summed E-state index contributed by atoms with van der Waals surface area (Å²) in [5, 5.41) is 13.3. The van der Waals surface area contributed by atoms with Gasteiger partial charge in [0, 0.05) is 24.4 Å². The van der Waals surface area contributed by atoms with E-state index in [0.717, 1.165) is 19.6 Å². The smallest absolute Gasteiger partial charge is 0.0897 e. The van der Waals surface area contributed by atoms with Crippen molar-refractivity contribution in [3.05, 3.63) is 0 Å². The molecule has 0 radical (unpaired) electrons. The molecule has 0 spiro atoms. The Morgan fingerprint density at radius 2 is 2.00 bits per heavy atom. The number of unbranched alkanes of at least 4 members (excludes halogenated alkanes) is 5. The highest BCUT2D eigenvalue weighted by Gasteiger charge is 2.28. The second-order valence-corrected chi connectivity index (χ2v) is 8.21. The average Bonchev–Trinajstić information content (AvgIpc) is 2.89. The monoisotopic (exact) mass is 317 g/mol. The number of nitrogens with one attached hydrogen (secondary N) is 1. The number of aliphatic hydroxyl groups is 1. The fourth-order valence-electron chi connectivity index (χ4n) is 2.74. The Morgan fingerprint density at radius 3 is 2.71 bits per heavy atom. The summed E-state index contributed by atoms with van der Waals surface area (Å²) in [7, 11) is 0. The van der Waals surface area contributed by atoms with Gasteiger partial charge in [-0.3, -0.25) is 0 Å². The summed E-state index contributed by atoms with van der Waals surface area (Å²) >= 11 is 2.05. The maximum Gasteiger partial charge on any atom is 0.0897 e. The molecule has 0 aliphatic carbocycles. The minimum Gasteiger partial charge on any atom is -0.389 e. The Hall–Kier alpha value is 0.230. The highest BCUT2D eigenvalue weighted by Crippen LogP contribution is 2.36. The third-order valence-electron chi connectivity index (χ3n) is 4.13. The lowest BCUT2D eigenvalue weighted by Crippen LogP contribution is -2.38. The Labute approximate surface area is 135 Å². The zero-order valence-electron chi connectivity index (χ0n) is 14.0. The molecule has 1 saturated heterocycles. The lowest BCUT2D eigenvalue weighted by atomic mass is 10.1. The third-order valence-corrected chi connectivity index (χ3v) is 5.67. The van der Waals surface area contributed by atoms with Crippen molar-refractivity contribution < 1.29 is 9.84 Å². The number of hydrogen-bond donors (Lipinski definition) is 2. The molecule has 0 aromatic rings. The molecule has 1 rings (SSSR count). The van der Waals surface area contributed by atoms with Crippen LogP contribution in [0.4, 0.5) is 0 Å².